The van der Waals surface area contributed by atoms with Gasteiger partial charge in [-0.1, -0.05) is 0 Å². The third kappa shape index (κ3) is 3.28. The summed E-state index contributed by atoms with van der Waals surface area (Å²) >= 11 is 5.65. The van der Waals surface area contributed by atoms with E-state index in [1.165, 1.54) is 25.9 Å². The predicted molar refractivity (Wildman–Crippen MR) is 63.5 cm³/mol. The van der Waals surface area contributed by atoms with E-state index in [9.17, 15) is 0 Å². The molecular weight excluding hydrogens is 226 g/mol. The molecule has 6 heteroatoms. The SMILES string of the molecule is CN1CCC(CNc2cnnc(Cl)n2)CC1. The van der Waals surface area contributed by atoms with Crippen molar-refractivity contribution in [1.82, 2.24) is 20.1 Å². The molecule has 0 spiro atoms. The molecule has 1 fully saturated rings. The standard InChI is InChI=1S/C10H16ClN5/c1-16-4-2-8(3-5-16)6-12-9-7-13-15-10(11)14-9/h7-8H,2-6H2,1H3,(H,12,14,15). The average molecular weight is 242 g/mol. The number of anilines is 1. The van der Waals surface area contributed by atoms with E-state index in [0.29, 0.717) is 11.7 Å². The van der Waals surface area contributed by atoms with Gasteiger partial charge in [0.2, 0.25) is 5.28 Å². The van der Waals surface area contributed by atoms with E-state index in [4.69, 9.17) is 11.6 Å². The Morgan fingerprint density at radius 2 is 2.25 bits per heavy atom. The molecule has 88 valence electrons. The van der Waals surface area contributed by atoms with Crippen LogP contribution in [-0.4, -0.2) is 46.8 Å². The first-order valence-corrected chi connectivity index (χ1v) is 5.89. The highest BCUT2D eigenvalue weighted by molar-refractivity contribution is 6.28. The van der Waals surface area contributed by atoms with E-state index in [0.717, 1.165) is 6.54 Å². The van der Waals surface area contributed by atoms with Crippen LogP contribution in [0.1, 0.15) is 12.8 Å². The summed E-state index contributed by atoms with van der Waals surface area (Å²) in [6.45, 7) is 3.28. The minimum atomic E-state index is 0.188. The second-order valence-corrected chi connectivity index (χ2v) is 4.58. The Kier molecular flexibility index (Phi) is 3.90. The third-order valence-electron chi connectivity index (χ3n) is 2.94. The molecule has 1 aromatic rings. The Bertz CT molecular complexity index is 338. The van der Waals surface area contributed by atoms with Crippen molar-refractivity contribution < 1.29 is 0 Å². The van der Waals surface area contributed by atoms with Gasteiger partial charge in [-0.05, 0) is 50.5 Å². The monoisotopic (exact) mass is 241 g/mol. The molecule has 0 amide bonds. The van der Waals surface area contributed by atoms with Crippen LogP contribution in [0.2, 0.25) is 5.28 Å². The molecule has 0 aliphatic carbocycles. The molecular formula is C10H16ClN5. The minimum Gasteiger partial charge on any atom is -0.368 e. The topological polar surface area (TPSA) is 53.9 Å². The molecule has 0 bridgehead atoms. The summed E-state index contributed by atoms with van der Waals surface area (Å²) in [6.07, 6.45) is 4.06. The Morgan fingerprint density at radius 1 is 1.50 bits per heavy atom. The minimum absolute atomic E-state index is 0.188. The van der Waals surface area contributed by atoms with Gasteiger partial charge in [0.15, 0.2) is 0 Å². The highest BCUT2D eigenvalue weighted by Crippen LogP contribution is 2.16. The second kappa shape index (κ2) is 5.41. The number of aromatic nitrogens is 3. The fraction of sp³-hybridized carbons (Fsp3) is 0.700. The zero-order valence-corrected chi connectivity index (χ0v) is 10.1. The average Bonchev–Trinajstić information content (AvgIpc) is 2.28. The smallest absolute Gasteiger partial charge is 0.244 e. The van der Waals surface area contributed by atoms with Crippen LogP contribution in [0.5, 0.6) is 0 Å². The molecule has 1 aromatic heterocycles. The first-order chi connectivity index (χ1) is 7.74. The third-order valence-corrected chi connectivity index (χ3v) is 3.10. The van der Waals surface area contributed by atoms with Gasteiger partial charge in [-0.25, -0.2) is 0 Å². The van der Waals surface area contributed by atoms with Crippen LogP contribution in [0, 0.1) is 5.92 Å². The van der Waals surface area contributed by atoms with E-state index in [1.54, 1.807) is 6.20 Å². The van der Waals surface area contributed by atoms with Crippen molar-refractivity contribution in [3.05, 3.63) is 11.5 Å². The van der Waals surface area contributed by atoms with E-state index in [-0.39, 0.29) is 5.28 Å². The van der Waals surface area contributed by atoms with E-state index in [2.05, 4.69) is 32.4 Å². The normalized spacial score (nSPS) is 18.6. The van der Waals surface area contributed by atoms with Crippen LogP contribution < -0.4 is 5.32 Å². The second-order valence-electron chi connectivity index (χ2n) is 4.24. The van der Waals surface area contributed by atoms with Crippen LogP contribution >= 0.6 is 11.6 Å². The van der Waals surface area contributed by atoms with Gasteiger partial charge in [-0.15, -0.1) is 5.10 Å². The van der Waals surface area contributed by atoms with Crippen LogP contribution in [0.3, 0.4) is 0 Å². The zero-order chi connectivity index (χ0) is 11.4. The van der Waals surface area contributed by atoms with Crippen LogP contribution in [0.15, 0.2) is 6.20 Å². The van der Waals surface area contributed by atoms with E-state index >= 15 is 0 Å². The number of rotatable bonds is 3. The van der Waals surface area contributed by atoms with Crippen molar-refractivity contribution in [2.45, 2.75) is 12.8 Å². The Labute approximate surface area is 100 Å². The lowest BCUT2D eigenvalue weighted by atomic mass is 9.97. The van der Waals surface area contributed by atoms with Crippen molar-refractivity contribution in [1.29, 1.82) is 0 Å². The van der Waals surface area contributed by atoms with Gasteiger partial charge < -0.3 is 10.2 Å². The van der Waals surface area contributed by atoms with Crippen molar-refractivity contribution in [3.8, 4) is 0 Å². The number of halogens is 1. The quantitative estimate of drug-likeness (QED) is 0.864. The van der Waals surface area contributed by atoms with Gasteiger partial charge in [-0.3, -0.25) is 0 Å². The zero-order valence-electron chi connectivity index (χ0n) is 9.36. The molecule has 1 N–H and O–H groups in total. The lowest BCUT2D eigenvalue weighted by molar-refractivity contribution is 0.226. The lowest BCUT2D eigenvalue weighted by Gasteiger charge is -2.28. The van der Waals surface area contributed by atoms with E-state index in [1.807, 2.05) is 0 Å². The summed E-state index contributed by atoms with van der Waals surface area (Å²) in [6, 6.07) is 0. The Hall–Kier alpha value is -0.940. The highest BCUT2D eigenvalue weighted by Gasteiger charge is 2.16. The molecule has 5 nitrogen and oxygen atoms in total. The number of nitrogens with zero attached hydrogens (tertiary/aromatic N) is 4. The maximum absolute atomic E-state index is 5.65. The van der Waals surface area contributed by atoms with Crippen molar-refractivity contribution in [2.24, 2.45) is 5.92 Å². The summed E-state index contributed by atoms with van der Waals surface area (Å²) < 4.78 is 0. The van der Waals surface area contributed by atoms with Gasteiger partial charge in [0.1, 0.15) is 5.82 Å². The number of piperidine rings is 1. The largest absolute Gasteiger partial charge is 0.368 e. The van der Waals surface area contributed by atoms with Crippen molar-refractivity contribution >= 4 is 17.4 Å². The van der Waals surface area contributed by atoms with Gasteiger partial charge in [0.25, 0.3) is 0 Å². The molecule has 1 aliphatic rings. The van der Waals surface area contributed by atoms with Crippen LogP contribution in [0.4, 0.5) is 5.82 Å². The summed E-state index contributed by atoms with van der Waals surface area (Å²) in [5, 5.41) is 10.8. The first-order valence-electron chi connectivity index (χ1n) is 5.51. The van der Waals surface area contributed by atoms with Crippen LogP contribution in [-0.2, 0) is 0 Å². The fourth-order valence-corrected chi connectivity index (χ4v) is 2.02. The fourth-order valence-electron chi connectivity index (χ4n) is 1.88. The lowest BCUT2D eigenvalue weighted by Crippen LogP contribution is -2.33. The number of hydrogen-bond acceptors (Lipinski definition) is 5. The molecule has 1 aliphatic heterocycles. The molecule has 0 radical (unpaired) electrons. The summed E-state index contributed by atoms with van der Waals surface area (Å²) in [7, 11) is 2.16. The maximum Gasteiger partial charge on any atom is 0.244 e. The predicted octanol–water partition coefficient (Wildman–Crippen LogP) is 1.28. The Morgan fingerprint density at radius 3 is 2.94 bits per heavy atom. The van der Waals surface area contributed by atoms with Gasteiger partial charge in [-0.2, -0.15) is 10.1 Å². The van der Waals surface area contributed by atoms with Crippen molar-refractivity contribution in [3.63, 3.8) is 0 Å². The van der Waals surface area contributed by atoms with Gasteiger partial charge in [0, 0.05) is 6.54 Å². The van der Waals surface area contributed by atoms with E-state index < -0.39 is 0 Å². The molecule has 2 heterocycles. The summed E-state index contributed by atoms with van der Waals surface area (Å²) in [5.41, 5.74) is 0. The molecule has 0 aromatic carbocycles. The number of nitrogens with one attached hydrogen (secondary N) is 1. The van der Waals surface area contributed by atoms with Gasteiger partial charge >= 0.3 is 0 Å². The van der Waals surface area contributed by atoms with Crippen LogP contribution in [0.25, 0.3) is 0 Å². The summed E-state index contributed by atoms with van der Waals surface area (Å²) in [5.74, 6) is 1.42. The maximum atomic E-state index is 5.65. The number of likely N-dealkylation sites (tertiary alicyclic amines) is 1. The highest BCUT2D eigenvalue weighted by atomic mass is 35.5. The molecule has 0 unspecified atom stereocenters. The molecule has 0 atom stereocenters. The molecule has 16 heavy (non-hydrogen) atoms. The molecule has 2 rings (SSSR count). The molecule has 0 saturated carbocycles. The van der Waals surface area contributed by atoms with Crippen molar-refractivity contribution in [2.75, 3.05) is 32.0 Å². The van der Waals surface area contributed by atoms with Gasteiger partial charge in [0.05, 0.1) is 6.20 Å². The Balaban J connectivity index is 1.79. The first kappa shape index (κ1) is 11.5. The number of hydrogen-bond donors (Lipinski definition) is 1. The molecule has 1 saturated heterocycles. The summed E-state index contributed by atoms with van der Waals surface area (Å²) in [4.78, 5) is 6.40.